The maximum Gasteiger partial charge on any atom is 0.293 e. The molecular weight excluding hydrogens is 348 g/mol. The molecule has 0 amide bonds. The normalized spacial score (nSPS) is 29.9. The molecule has 8 heteroatoms. The maximum absolute atomic E-state index is 10.2. The third kappa shape index (κ3) is 2.05. The van der Waals surface area contributed by atoms with Crippen molar-refractivity contribution >= 4 is 5.84 Å². The van der Waals surface area contributed by atoms with E-state index in [0.717, 1.165) is 0 Å². The molecule has 1 aromatic carbocycles. The van der Waals surface area contributed by atoms with Crippen LogP contribution in [0.2, 0.25) is 0 Å². The number of methoxy groups -OCH3 is 2. The van der Waals surface area contributed by atoms with Crippen LogP contribution in [-0.4, -0.2) is 39.2 Å². The number of hydrogen-bond donors (Lipinski definition) is 1. The summed E-state index contributed by atoms with van der Waals surface area (Å²) < 4.78 is 22.4. The lowest BCUT2D eigenvalue weighted by molar-refractivity contribution is -0.255. The van der Waals surface area contributed by atoms with Crippen LogP contribution < -0.4 is 15.2 Å². The van der Waals surface area contributed by atoms with Gasteiger partial charge in [0.2, 0.25) is 0 Å². The molecule has 1 aromatic rings. The monoisotopic (exact) mass is 370 g/mol. The summed E-state index contributed by atoms with van der Waals surface area (Å²) in [6, 6.07) is 9.72. The molecule has 27 heavy (non-hydrogen) atoms. The van der Waals surface area contributed by atoms with Crippen molar-refractivity contribution < 1.29 is 18.9 Å². The van der Waals surface area contributed by atoms with Crippen molar-refractivity contribution in [3.05, 3.63) is 23.8 Å². The van der Waals surface area contributed by atoms with E-state index in [1.807, 2.05) is 0 Å². The number of rotatable bonds is 7. The summed E-state index contributed by atoms with van der Waals surface area (Å²) in [4.78, 5) is 4.32. The smallest absolute Gasteiger partial charge is 0.293 e. The molecule has 1 aliphatic heterocycles. The second-order valence-electron chi connectivity index (χ2n) is 6.33. The summed E-state index contributed by atoms with van der Waals surface area (Å²) in [7, 11) is 3.07. The van der Waals surface area contributed by atoms with Crippen LogP contribution in [0.15, 0.2) is 23.2 Å². The van der Waals surface area contributed by atoms with Gasteiger partial charge in [0.25, 0.3) is 5.91 Å². The second-order valence-corrected chi connectivity index (χ2v) is 6.33. The Labute approximate surface area is 158 Å². The molecule has 0 aromatic heterocycles. The molecule has 0 radical (unpaired) electrons. The number of hydrogen-bond acceptors (Lipinski definition) is 8. The lowest BCUT2D eigenvalue weighted by Crippen LogP contribution is -2.43. The summed E-state index contributed by atoms with van der Waals surface area (Å²) in [5, 5.41) is 20.3. The summed E-state index contributed by atoms with van der Waals surface area (Å²) in [5.74, 6) is -1.16. The maximum atomic E-state index is 10.2. The van der Waals surface area contributed by atoms with Gasteiger partial charge < -0.3 is 24.7 Å². The molecular formula is C19H22N4O4. The highest BCUT2D eigenvalue weighted by Crippen LogP contribution is 2.82. The van der Waals surface area contributed by atoms with Gasteiger partial charge in [0, 0.05) is 24.7 Å². The van der Waals surface area contributed by atoms with E-state index >= 15 is 0 Å². The molecule has 3 atom stereocenters. The van der Waals surface area contributed by atoms with Gasteiger partial charge in [-0.25, -0.2) is 4.99 Å². The first-order valence-electron chi connectivity index (χ1n) is 8.66. The van der Waals surface area contributed by atoms with Crippen LogP contribution in [0.3, 0.4) is 0 Å². The highest BCUT2D eigenvalue weighted by Gasteiger charge is 2.94. The van der Waals surface area contributed by atoms with Crippen LogP contribution in [0.1, 0.15) is 25.3 Å². The van der Waals surface area contributed by atoms with Gasteiger partial charge in [-0.1, -0.05) is 0 Å². The van der Waals surface area contributed by atoms with Crippen LogP contribution in [0.25, 0.3) is 0 Å². The Balaban J connectivity index is 2.27. The molecule has 3 rings (SSSR count). The number of amidine groups is 1. The molecule has 142 valence electrons. The standard InChI is InChI=1S/C19H22N4O4/c1-5-26-19(27-6-2)18(11-21)15(17(18,10-20)16(22)23-19)13-9-12(24-3)7-8-14(13)25-4/h7-9,15H,5-6H2,1-4H3,(H2,22,23). The Kier molecular flexibility index (Phi) is 4.51. The van der Waals surface area contributed by atoms with E-state index in [4.69, 9.17) is 24.7 Å². The lowest BCUT2D eigenvalue weighted by atomic mass is 9.93. The Bertz CT molecular complexity index is 865. The fourth-order valence-electron chi connectivity index (χ4n) is 4.28. The minimum absolute atomic E-state index is 0.0309. The first kappa shape index (κ1) is 19.0. The summed E-state index contributed by atoms with van der Waals surface area (Å²) in [6.45, 7) is 4.02. The molecule has 3 unspecified atom stereocenters. The molecule has 1 fully saturated rings. The van der Waals surface area contributed by atoms with E-state index in [-0.39, 0.29) is 19.0 Å². The van der Waals surface area contributed by atoms with Gasteiger partial charge in [0.15, 0.2) is 5.41 Å². The van der Waals surface area contributed by atoms with Gasteiger partial charge in [0.05, 0.1) is 26.4 Å². The Morgan fingerprint density at radius 3 is 2.26 bits per heavy atom. The minimum Gasteiger partial charge on any atom is -0.497 e. The zero-order chi connectivity index (χ0) is 19.9. The zero-order valence-electron chi connectivity index (χ0n) is 15.8. The first-order chi connectivity index (χ1) is 13.0. The average Bonchev–Trinajstić information content (AvgIpc) is 3.26. The molecule has 0 saturated heterocycles. The zero-order valence-corrected chi connectivity index (χ0v) is 15.8. The third-order valence-electron chi connectivity index (χ3n) is 5.36. The summed E-state index contributed by atoms with van der Waals surface area (Å²) in [5.41, 5.74) is 4.03. The van der Waals surface area contributed by atoms with E-state index in [1.165, 1.54) is 7.11 Å². The third-order valence-corrected chi connectivity index (χ3v) is 5.36. The Morgan fingerprint density at radius 1 is 1.11 bits per heavy atom. The van der Waals surface area contributed by atoms with Gasteiger partial charge in [0.1, 0.15) is 22.7 Å². The van der Waals surface area contributed by atoms with E-state index < -0.39 is 22.7 Å². The van der Waals surface area contributed by atoms with Gasteiger partial charge in [-0.2, -0.15) is 10.5 Å². The Hall–Kier alpha value is -2.81. The Morgan fingerprint density at radius 2 is 1.78 bits per heavy atom. The molecule has 2 aliphatic rings. The number of nitriles is 2. The fraction of sp³-hybridized carbons (Fsp3) is 0.526. The van der Waals surface area contributed by atoms with Crippen LogP contribution in [0.4, 0.5) is 0 Å². The summed E-state index contributed by atoms with van der Waals surface area (Å²) >= 11 is 0. The van der Waals surface area contributed by atoms with Gasteiger partial charge in [-0.05, 0) is 32.0 Å². The topological polar surface area (TPSA) is 123 Å². The van der Waals surface area contributed by atoms with Crippen molar-refractivity contribution in [1.29, 1.82) is 10.5 Å². The number of nitrogens with two attached hydrogens (primary N) is 1. The highest BCUT2D eigenvalue weighted by atomic mass is 16.7. The minimum atomic E-state index is -1.65. The van der Waals surface area contributed by atoms with Crippen LogP contribution in [0, 0.1) is 33.5 Å². The van der Waals surface area contributed by atoms with Crippen molar-refractivity contribution in [2.75, 3.05) is 27.4 Å². The van der Waals surface area contributed by atoms with Crippen LogP contribution in [0.5, 0.6) is 11.5 Å². The predicted octanol–water partition coefficient (Wildman–Crippen LogP) is 1.92. The van der Waals surface area contributed by atoms with Crippen molar-refractivity contribution in [3.8, 4) is 23.6 Å². The number of ether oxygens (including phenoxy) is 4. The predicted molar refractivity (Wildman–Crippen MR) is 96.0 cm³/mol. The molecule has 2 N–H and O–H groups in total. The fourth-order valence-corrected chi connectivity index (χ4v) is 4.28. The molecule has 8 nitrogen and oxygen atoms in total. The lowest BCUT2D eigenvalue weighted by Gasteiger charge is -2.31. The van der Waals surface area contributed by atoms with Crippen LogP contribution in [-0.2, 0) is 9.47 Å². The number of benzene rings is 1. The van der Waals surface area contributed by atoms with Gasteiger partial charge in [-0.3, -0.25) is 0 Å². The molecule has 1 aliphatic carbocycles. The SMILES string of the molecule is CCOC1(OCC)N=C(N)C2(C#N)C(c3cc(OC)ccc3OC)C12C#N. The average molecular weight is 370 g/mol. The van der Waals surface area contributed by atoms with E-state index in [0.29, 0.717) is 17.1 Å². The van der Waals surface area contributed by atoms with E-state index in [9.17, 15) is 10.5 Å². The molecule has 1 heterocycles. The van der Waals surface area contributed by atoms with Crippen molar-refractivity contribution in [2.45, 2.75) is 25.7 Å². The number of nitrogens with zero attached hydrogens (tertiary/aromatic N) is 3. The van der Waals surface area contributed by atoms with E-state index in [1.54, 1.807) is 39.2 Å². The van der Waals surface area contributed by atoms with Crippen LogP contribution >= 0.6 is 0 Å². The van der Waals surface area contributed by atoms with Gasteiger partial charge >= 0.3 is 0 Å². The van der Waals surface area contributed by atoms with E-state index in [2.05, 4.69) is 17.1 Å². The highest BCUT2D eigenvalue weighted by molar-refractivity contribution is 6.00. The number of fused-ring (bicyclic) bond motifs is 1. The second kappa shape index (κ2) is 6.41. The van der Waals surface area contributed by atoms with Crippen molar-refractivity contribution in [1.82, 2.24) is 0 Å². The quantitative estimate of drug-likeness (QED) is 0.727. The molecule has 0 bridgehead atoms. The molecule has 1 saturated carbocycles. The van der Waals surface area contributed by atoms with Gasteiger partial charge in [-0.15, -0.1) is 0 Å². The van der Waals surface area contributed by atoms with Crippen molar-refractivity contribution in [2.24, 2.45) is 21.6 Å². The summed E-state index contributed by atoms with van der Waals surface area (Å²) in [6.07, 6.45) is 0. The largest absolute Gasteiger partial charge is 0.497 e. The van der Waals surface area contributed by atoms with Crippen molar-refractivity contribution in [3.63, 3.8) is 0 Å². The molecule has 0 spiro atoms. The number of aliphatic imine (C=N–C) groups is 1. The first-order valence-corrected chi connectivity index (χ1v) is 8.66.